The number of carbonyl (C=O) groups excluding carboxylic acids is 1. The zero-order valence-corrected chi connectivity index (χ0v) is 9.33. The largest absolute Gasteiger partial charge is 0.465 e. The van der Waals surface area contributed by atoms with Crippen LogP contribution < -0.4 is 5.73 Å². The van der Waals surface area contributed by atoms with Crippen LogP contribution in [-0.4, -0.2) is 30.1 Å². The smallest absolute Gasteiger partial charge is 0.323 e. The second-order valence-electron chi connectivity index (χ2n) is 2.22. The molecule has 0 aliphatic rings. The van der Waals surface area contributed by atoms with Gasteiger partial charge in [-0.25, -0.2) is 0 Å². The van der Waals surface area contributed by atoms with Crippen LogP contribution >= 0.6 is 21.6 Å². The van der Waals surface area contributed by atoms with Gasteiger partial charge in [0.15, 0.2) is 0 Å². The Hall–Kier alpha value is -0.130. The van der Waals surface area contributed by atoms with E-state index in [0.717, 1.165) is 5.75 Å². The molecule has 13 heavy (non-hydrogen) atoms. The van der Waals surface area contributed by atoms with E-state index in [1.165, 1.54) is 0 Å². The summed E-state index contributed by atoms with van der Waals surface area (Å²) >= 11 is 0. The first-order chi connectivity index (χ1) is 6.22. The van der Waals surface area contributed by atoms with E-state index >= 15 is 0 Å². The van der Waals surface area contributed by atoms with Crippen molar-refractivity contribution in [3.63, 3.8) is 0 Å². The van der Waals surface area contributed by atoms with Crippen LogP contribution in [0.5, 0.6) is 0 Å². The average Bonchev–Trinajstić information content (AvgIpc) is 2.12. The van der Waals surface area contributed by atoms with Gasteiger partial charge in [-0.3, -0.25) is 4.79 Å². The van der Waals surface area contributed by atoms with Crippen LogP contribution in [0.25, 0.3) is 0 Å². The minimum atomic E-state index is -0.512. The Morgan fingerprint density at radius 2 is 2.38 bits per heavy atom. The molecule has 3 nitrogen and oxygen atoms in total. The molecule has 0 aromatic heterocycles. The van der Waals surface area contributed by atoms with Crippen molar-refractivity contribution in [2.45, 2.75) is 13.0 Å². The first-order valence-electron chi connectivity index (χ1n) is 3.99. The van der Waals surface area contributed by atoms with E-state index in [9.17, 15) is 4.79 Å². The van der Waals surface area contributed by atoms with Gasteiger partial charge in [0.25, 0.3) is 0 Å². The minimum Gasteiger partial charge on any atom is -0.465 e. The van der Waals surface area contributed by atoms with Crippen LogP contribution in [0.15, 0.2) is 12.7 Å². The lowest BCUT2D eigenvalue weighted by Crippen LogP contribution is -2.34. The number of nitrogens with two attached hydrogens (primary N) is 1. The van der Waals surface area contributed by atoms with Crippen molar-refractivity contribution in [3.8, 4) is 0 Å². The Bertz CT molecular complexity index is 164. The summed E-state index contributed by atoms with van der Waals surface area (Å²) in [5.74, 6) is 1.12. The van der Waals surface area contributed by atoms with Gasteiger partial charge >= 0.3 is 5.97 Å². The van der Waals surface area contributed by atoms with Gasteiger partial charge in [-0.2, -0.15) is 0 Å². The number of esters is 1. The number of hydrogen-bond donors (Lipinski definition) is 1. The minimum absolute atomic E-state index is 0.325. The van der Waals surface area contributed by atoms with Crippen molar-refractivity contribution in [1.29, 1.82) is 0 Å². The predicted octanol–water partition coefficient (Wildman–Crippen LogP) is 1.44. The van der Waals surface area contributed by atoms with Crippen LogP contribution in [0, 0.1) is 0 Å². The molecule has 0 aliphatic carbocycles. The average molecular weight is 221 g/mol. The van der Waals surface area contributed by atoms with E-state index in [0.29, 0.717) is 12.4 Å². The third-order valence-electron chi connectivity index (χ3n) is 1.11. The number of ether oxygens (including phenoxy) is 1. The molecule has 0 fully saturated rings. The molecule has 0 rings (SSSR count). The van der Waals surface area contributed by atoms with Gasteiger partial charge in [-0.1, -0.05) is 27.7 Å². The van der Waals surface area contributed by atoms with E-state index in [4.69, 9.17) is 10.5 Å². The Morgan fingerprint density at radius 1 is 1.69 bits per heavy atom. The zero-order valence-electron chi connectivity index (χ0n) is 7.69. The van der Waals surface area contributed by atoms with Crippen molar-refractivity contribution in [2.24, 2.45) is 5.73 Å². The molecule has 0 saturated carbocycles. The van der Waals surface area contributed by atoms with Crippen molar-refractivity contribution < 1.29 is 9.53 Å². The number of rotatable bonds is 7. The van der Waals surface area contributed by atoms with Crippen molar-refractivity contribution in [1.82, 2.24) is 0 Å². The second kappa shape index (κ2) is 8.47. The topological polar surface area (TPSA) is 52.3 Å². The summed E-state index contributed by atoms with van der Waals surface area (Å²) in [5.41, 5.74) is 5.55. The predicted molar refractivity (Wildman–Crippen MR) is 59.7 cm³/mol. The number of hydrogen-bond acceptors (Lipinski definition) is 5. The highest BCUT2D eigenvalue weighted by atomic mass is 33.1. The van der Waals surface area contributed by atoms with Crippen molar-refractivity contribution >= 4 is 27.6 Å². The molecule has 0 amide bonds. The molecule has 2 N–H and O–H groups in total. The monoisotopic (exact) mass is 221 g/mol. The first-order valence-corrected chi connectivity index (χ1v) is 6.48. The van der Waals surface area contributed by atoms with E-state index in [1.807, 2.05) is 6.08 Å². The number of carbonyl (C=O) groups is 1. The second-order valence-corrected chi connectivity index (χ2v) is 4.77. The summed E-state index contributed by atoms with van der Waals surface area (Å²) in [6, 6.07) is -0.512. The van der Waals surface area contributed by atoms with Crippen LogP contribution in [0.1, 0.15) is 6.92 Å². The van der Waals surface area contributed by atoms with Gasteiger partial charge in [-0.15, -0.1) is 6.58 Å². The molecule has 5 heteroatoms. The Balaban J connectivity index is 3.43. The molecule has 1 atom stereocenters. The quantitative estimate of drug-likeness (QED) is 0.305. The lowest BCUT2D eigenvalue weighted by atomic mass is 10.4. The Labute approximate surface area is 86.9 Å². The van der Waals surface area contributed by atoms with Gasteiger partial charge in [-0.05, 0) is 6.92 Å². The van der Waals surface area contributed by atoms with Gasteiger partial charge in [0.2, 0.25) is 0 Å². The summed E-state index contributed by atoms with van der Waals surface area (Å²) < 4.78 is 4.75. The summed E-state index contributed by atoms with van der Waals surface area (Å²) in [7, 11) is 3.19. The molecular formula is C8H15NO2S2. The molecule has 0 bridgehead atoms. The molecule has 0 radical (unpaired) electrons. The summed E-state index contributed by atoms with van der Waals surface area (Å²) in [6.07, 6.45) is 1.81. The Morgan fingerprint density at radius 3 is 2.92 bits per heavy atom. The molecule has 0 heterocycles. The van der Waals surface area contributed by atoms with Crippen LogP contribution in [0.4, 0.5) is 0 Å². The summed E-state index contributed by atoms with van der Waals surface area (Å²) in [4.78, 5) is 11.0. The summed E-state index contributed by atoms with van der Waals surface area (Å²) in [5, 5.41) is 0. The molecular weight excluding hydrogens is 206 g/mol. The van der Waals surface area contributed by atoms with Gasteiger partial charge in [0, 0.05) is 11.5 Å². The fourth-order valence-corrected chi connectivity index (χ4v) is 2.41. The van der Waals surface area contributed by atoms with E-state index < -0.39 is 6.04 Å². The fraction of sp³-hybridized carbons (Fsp3) is 0.625. The third-order valence-corrected chi connectivity index (χ3v) is 3.46. The van der Waals surface area contributed by atoms with Gasteiger partial charge in [0.1, 0.15) is 6.04 Å². The summed E-state index contributed by atoms with van der Waals surface area (Å²) in [6.45, 7) is 5.74. The van der Waals surface area contributed by atoms with E-state index in [1.54, 1.807) is 28.5 Å². The normalized spacial score (nSPS) is 12.2. The first kappa shape index (κ1) is 12.9. The van der Waals surface area contributed by atoms with Crippen LogP contribution in [0.2, 0.25) is 0 Å². The van der Waals surface area contributed by atoms with Gasteiger partial charge in [0.05, 0.1) is 6.61 Å². The van der Waals surface area contributed by atoms with E-state index in [-0.39, 0.29) is 5.97 Å². The highest BCUT2D eigenvalue weighted by Crippen LogP contribution is 2.21. The molecule has 0 aromatic carbocycles. The van der Waals surface area contributed by atoms with E-state index in [2.05, 4.69) is 6.58 Å². The SMILES string of the molecule is C=CCSSC[C@H](N)C(=O)OCC. The highest BCUT2D eigenvalue weighted by Gasteiger charge is 2.13. The fourth-order valence-electron chi connectivity index (χ4n) is 0.535. The molecule has 0 spiro atoms. The highest BCUT2D eigenvalue weighted by molar-refractivity contribution is 8.76. The molecule has 0 aliphatic heterocycles. The maximum absolute atomic E-state index is 11.0. The third kappa shape index (κ3) is 6.98. The van der Waals surface area contributed by atoms with Gasteiger partial charge < -0.3 is 10.5 Å². The molecule has 0 saturated heterocycles. The lowest BCUT2D eigenvalue weighted by molar-refractivity contribution is -0.144. The maximum atomic E-state index is 11.0. The Kier molecular flexibility index (Phi) is 8.38. The molecule has 76 valence electrons. The van der Waals surface area contributed by atoms with Crippen LogP contribution in [0.3, 0.4) is 0 Å². The standard InChI is InChI=1S/C8H15NO2S2/c1-3-5-12-13-6-7(9)8(10)11-4-2/h3,7H,1,4-6,9H2,2H3/t7-/m0/s1. The maximum Gasteiger partial charge on any atom is 0.323 e. The van der Waals surface area contributed by atoms with Crippen molar-refractivity contribution in [3.05, 3.63) is 12.7 Å². The van der Waals surface area contributed by atoms with Crippen molar-refractivity contribution in [2.75, 3.05) is 18.1 Å². The lowest BCUT2D eigenvalue weighted by Gasteiger charge is -2.08. The molecule has 0 aromatic rings. The zero-order chi connectivity index (χ0) is 10.1. The van der Waals surface area contributed by atoms with Crippen LogP contribution in [-0.2, 0) is 9.53 Å². The molecule has 0 unspecified atom stereocenters.